The second-order valence-corrected chi connectivity index (χ2v) is 4.88. The number of rotatable bonds is 2. The molecule has 18 heavy (non-hydrogen) atoms. The quantitative estimate of drug-likeness (QED) is 0.870. The molecule has 4 nitrogen and oxygen atoms in total. The number of anilines is 1. The molecule has 0 atom stereocenters. The van der Waals surface area contributed by atoms with Crippen molar-refractivity contribution in [3.8, 4) is 0 Å². The van der Waals surface area contributed by atoms with Crippen LogP contribution in [0.3, 0.4) is 0 Å². The number of piperazine rings is 1. The van der Waals surface area contributed by atoms with Crippen LogP contribution >= 0.6 is 0 Å². The van der Waals surface area contributed by atoms with Crippen LogP contribution in [-0.4, -0.2) is 35.7 Å². The van der Waals surface area contributed by atoms with Gasteiger partial charge in [-0.2, -0.15) is 0 Å². The lowest BCUT2D eigenvalue weighted by Gasteiger charge is -2.28. The molecule has 96 valence electrons. The average Bonchev–Trinajstić information content (AvgIpc) is 2.77. The number of imidazole rings is 1. The highest BCUT2D eigenvalue weighted by atomic mass is 15.3. The van der Waals surface area contributed by atoms with Crippen molar-refractivity contribution in [1.29, 1.82) is 0 Å². The minimum Gasteiger partial charge on any atom is -0.340 e. The second-order valence-electron chi connectivity index (χ2n) is 4.88. The molecule has 1 aliphatic rings. The predicted molar refractivity (Wildman–Crippen MR) is 75.2 cm³/mol. The third-order valence-electron chi connectivity index (χ3n) is 3.73. The first-order chi connectivity index (χ1) is 8.79. The smallest absolute Gasteiger partial charge is 0.206 e. The highest BCUT2D eigenvalue weighted by Crippen LogP contribution is 2.22. The van der Waals surface area contributed by atoms with Gasteiger partial charge in [0, 0.05) is 33.2 Å². The van der Waals surface area contributed by atoms with Gasteiger partial charge in [-0.05, 0) is 24.1 Å². The van der Waals surface area contributed by atoms with Crippen molar-refractivity contribution in [2.75, 3.05) is 31.1 Å². The van der Waals surface area contributed by atoms with E-state index in [1.807, 2.05) is 0 Å². The molecule has 2 aromatic rings. The van der Waals surface area contributed by atoms with E-state index in [-0.39, 0.29) is 0 Å². The lowest BCUT2D eigenvalue weighted by Crippen LogP contribution is -2.44. The lowest BCUT2D eigenvalue weighted by atomic mass is 10.1. The van der Waals surface area contributed by atoms with Crippen molar-refractivity contribution in [2.24, 2.45) is 7.05 Å². The summed E-state index contributed by atoms with van der Waals surface area (Å²) in [5.74, 6) is 1.10. The zero-order valence-electron chi connectivity index (χ0n) is 11.1. The topological polar surface area (TPSA) is 33.1 Å². The first-order valence-electron chi connectivity index (χ1n) is 6.70. The number of aromatic nitrogens is 2. The van der Waals surface area contributed by atoms with Gasteiger partial charge in [0.25, 0.3) is 0 Å². The van der Waals surface area contributed by atoms with Crippen LogP contribution < -0.4 is 10.2 Å². The van der Waals surface area contributed by atoms with Crippen molar-refractivity contribution in [3.05, 3.63) is 23.8 Å². The van der Waals surface area contributed by atoms with Gasteiger partial charge in [0.05, 0.1) is 11.0 Å². The number of fused-ring (bicyclic) bond motifs is 1. The molecule has 1 aliphatic heterocycles. The Balaban J connectivity index is 2.04. The third-order valence-corrected chi connectivity index (χ3v) is 3.73. The average molecular weight is 244 g/mol. The Labute approximate surface area is 108 Å². The SMILES string of the molecule is CCc1ccc2nc(N3CCNCC3)n(C)c2c1. The molecule has 2 heterocycles. The molecule has 0 unspecified atom stereocenters. The van der Waals surface area contributed by atoms with E-state index in [4.69, 9.17) is 4.98 Å². The molecule has 0 bridgehead atoms. The molecule has 1 aromatic heterocycles. The van der Waals surface area contributed by atoms with E-state index in [1.165, 1.54) is 11.1 Å². The summed E-state index contributed by atoms with van der Waals surface area (Å²) in [6.07, 6.45) is 1.07. The molecular weight excluding hydrogens is 224 g/mol. The molecule has 4 heteroatoms. The van der Waals surface area contributed by atoms with Gasteiger partial charge in [0.1, 0.15) is 0 Å². The summed E-state index contributed by atoms with van der Waals surface area (Å²) in [7, 11) is 2.12. The summed E-state index contributed by atoms with van der Waals surface area (Å²) in [6, 6.07) is 6.57. The van der Waals surface area contributed by atoms with Crippen LogP contribution in [-0.2, 0) is 13.5 Å². The maximum atomic E-state index is 4.77. The van der Waals surface area contributed by atoms with E-state index in [0.717, 1.165) is 44.1 Å². The van der Waals surface area contributed by atoms with Gasteiger partial charge in [0.2, 0.25) is 5.95 Å². The highest BCUT2D eigenvalue weighted by Gasteiger charge is 2.16. The fraction of sp³-hybridized carbons (Fsp3) is 0.500. The number of hydrogen-bond donors (Lipinski definition) is 1. The molecule has 1 saturated heterocycles. The summed E-state index contributed by atoms with van der Waals surface area (Å²) in [5, 5.41) is 3.38. The number of aryl methyl sites for hydroxylation is 2. The Morgan fingerprint density at radius 2 is 2.06 bits per heavy atom. The molecular formula is C14H20N4. The van der Waals surface area contributed by atoms with E-state index in [1.54, 1.807) is 0 Å². The first kappa shape index (κ1) is 11.5. The van der Waals surface area contributed by atoms with Gasteiger partial charge in [-0.1, -0.05) is 13.0 Å². The lowest BCUT2D eigenvalue weighted by molar-refractivity contribution is 0.575. The maximum Gasteiger partial charge on any atom is 0.206 e. The van der Waals surface area contributed by atoms with E-state index in [2.05, 4.69) is 47.0 Å². The van der Waals surface area contributed by atoms with Gasteiger partial charge in [-0.15, -0.1) is 0 Å². The molecule has 0 radical (unpaired) electrons. The molecule has 0 spiro atoms. The van der Waals surface area contributed by atoms with Gasteiger partial charge in [-0.3, -0.25) is 0 Å². The van der Waals surface area contributed by atoms with Crippen LogP contribution in [0.15, 0.2) is 18.2 Å². The zero-order chi connectivity index (χ0) is 12.5. The summed E-state index contributed by atoms with van der Waals surface area (Å²) in [5.41, 5.74) is 3.71. The molecule has 3 rings (SSSR count). The molecule has 0 amide bonds. The zero-order valence-corrected chi connectivity index (χ0v) is 11.1. The van der Waals surface area contributed by atoms with Gasteiger partial charge in [0.15, 0.2) is 0 Å². The normalized spacial score (nSPS) is 16.4. The van der Waals surface area contributed by atoms with Crippen molar-refractivity contribution >= 4 is 17.0 Å². The Morgan fingerprint density at radius 1 is 1.28 bits per heavy atom. The van der Waals surface area contributed by atoms with Crippen molar-refractivity contribution in [2.45, 2.75) is 13.3 Å². The Kier molecular flexibility index (Phi) is 2.96. The monoisotopic (exact) mass is 244 g/mol. The fourth-order valence-electron chi connectivity index (χ4n) is 2.59. The van der Waals surface area contributed by atoms with Crippen LogP contribution in [0.2, 0.25) is 0 Å². The van der Waals surface area contributed by atoms with E-state index < -0.39 is 0 Å². The van der Waals surface area contributed by atoms with Crippen molar-refractivity contribution in [3.63, 3.8) is 0 Å². The van der Waals surface area contributed by atoms with E-state index in [9.17, 15) is 0 Å². The molecule has 1 aromatic carbocycles. The Morgan fingerprint density at radius 3 is 2.78 bits per heavy atom. The van der Waals surface area contributed by atoms with E-state index in [0.29, 0.717) is 0 Å². The van der Waals surface area contributed by atoms with Crippen molar-refractivity contribution < 1.29 is 0 Å². The standard InChI is InChI=1S/C14H20N4/c1-3-11-4-5-12-13(10-11)17(2)14(16-12)18-8-6-15-7-9-18/h4-5,10,15H,3,6-9H2,1-2H3. The maximum absolute atomic E-state index is 4.77. The van der Waals surface area contributed by atoms with Crippen LogP contribution in [0, 0.1) is 0 Å². The summed E-state index contributed by atoms with van der Waals surface area (Å²) >= 11 is 0. The fourth-order valence-corrected chi connectivity index (χ4v) is 2.59. The third kappa shape index (κ3) is 1.86. The summed E-state index contributed by atoms with van der Waals surface area (Å²) in [4.78, 5) is 7.14. The van der Waals surface area contributed by atoms with Crippen LogP contribution in [0.1, 0.15) is 12.5 Å². The summed E-state index contributed by atoms with van der Waals surface area (Å²) < 4.78 is 2.22. The Bertz CT molecular complexity index is 552. The van der Waals surface area contributed by atoms with E-state index >= 15 is 0 Å². The molecule has 0 aliphatic carbocycles. The molecule has 1 N–H and O–H groups in total. The van der Waals surface area contributed by atoms with Crippen LogP contribution in [0.4, 0.5) is 5.95 Å². The predicted octanol–water partition coefficient (Wildman–Crippen LogP) is 1.55. The minimum absolute atomic E-state index is 1.04. The Hall–Kier alpha value is -1.55. The number of nitrogens with zero attached hydrogens (tertiary/aromatic N) is 3. The number of hydrogen-bond acceptors (Lipinski definition) is 3. The first-order valence-corrected chi connectivity index (χ1v) is 6.70. The summed E-state index contributed by atoms with van der Waals surface area (Å²) in [6.45, 7) is 6.36. The van der Waals surface area contributed by atoms with Gasteiger partial charge >= 0.3 is 0 Å². The minimum atomic E-state index is 1.04. The van der Waals surface area contributed by atoms with Gasteiger partial charge < -0.3 is 14.8 Å². The largest absolute Gasteiger partial charge is 0.340 e. The molecule has 0 saturated carbocycles. The van der Waals surface area contributed by atoms with Gasteiger partial charge in [-0.25, -0.2) is 4.98 Å². The number of nitrogens with one attached hydrogen (secondary N) is 1. The van der Waals surface area contributed by atoms with Crippen molar-refractivity contribution in [1.82, 2.24) is 14.9 Å². The van der Waals surface area contributed by atoms with Crippen LogP contribution in [0.5, 0.6) is 0 Å². The molecule has 1 fully saturated rings. The second kappa shape index (κ2) is 4.61. The number of benzene rings is 1. The van der Waals surface area contributed by atoms with Crippen LogP contribution in [0.25, 0.3) is 11.0 Å². The highest BCUT2D eigenvalue weighted by molar-refractivity contribution is 5.79.